The third-order valence-corrected chi connectivity index (χ3v) is 5.92. The summed E-state index contributed by atoms with van der Waals surface area (Å²) in [6.45, 7) is 6.08. The zero-order chi connectivity index (χ0) is 18.4. The number of likely N-dealkylation sites (tertiary alicyclic amines) is 1. The van der Waals surface area contributed by atoms with Crippen LogP contribution in [-0.2, 0) is 10.0 Å². The molecule has 2 aromatic carbocycles. The first kappa shape index (κ1) is 18.7. The van der Waals surface area contributed by atoms with Gasteiger partial charge in [-0.05, 0) is 75.7 Å². The van der Waals surface area contributed by atoms with Gasteiger partial charge in [0, 0.05) is 12.2 Å². The highest BCUT2D eigenvalue weighted by atomic mass is 32.2. The van der Waals surface area contributed by atoms with E-state index in [2.05, 4.69) is 9.62 Å². The van der Waals surface area contributed by atoms with E-state index in [0.29, 0.717) is 12.3 Å². The highest BCUT2D eigenvalue weighted by molar-refractivity contribution is 7.92. The lowest BCUT2D eigenvalue weighted by molar-refractivity contribution is 0.263. The lowest BCUT2D eigenvalue weighted by Crippen LogP contribution is -2.21. The third kappa shape index (κ3) is 5.22. The molecular formula is C20H26N2O3S. The second kappa shape index (κ2) is 8.56. The van der Waals surface area contributed by atoms with Crippen LogP contribution in [0.3, 0.4) is 0 Å². The van der Waals surface area contributed by atoms with E-state index in [1.54, 1.807) is 48.5 Å². The van der Waals surface area contributed by atoms with Gasteiger partial charge in [-0.25, -0.2) is 8.42 Å². The number of benzene rings is 2. The van der Waals surface area contributed by atoms with Gasteiger partial charge in [-0.3, -0.25) is 4.72 Å². The molecule has 1 aliphatic heterocycles. The Morgan fingerprint density at radius 2 is 1.65 bits per heavy atom. The summed E-state index contributed by atoms with van der Waals surface area (Å²) in [7, 11) is -3.57. The monoisotopic (exact) mass is 374 g/mol. The van der Waals surface area contributed by atoms with Crippen LogP contribution in [-0.4, -0.2) is 39.6 Å². The summed E-state index contributed by atoms with van der Waals surface area (Å²) < 4.78 is 33.1. The predicted molar refractivity (Wildman–Crippen MR) is 104 cm³/mol. The molecule has 3 rings (SSSR count). The average Bonchev–Trinajstić information content (AvgIpc) is 3.14. The maximum absolute atomic E-state index is 12.4. The molecule has 140 valence electrons. The Labute approximate surface area is 156 Å². The normalized spacial score (nSPS) is 15.1. The Hall–Kier alpha value is -2.05. The van der Waals surface area contributed by atoms with E-state index in [4.69, 9.17) is 4.74 Å². The Morgan fingerprint density at radius 1 is 1.00 bits per heavy atom. The van der Waals surface area contributed by atoms with Crippen LogP contribution in [0, 0.1) is 6.92 Å². The Balaban J connectivity index is 1.49. The van der Waals surface area contributed by atoms with Gasteiger partial charge in [0.15, 0.2) is 0 Å². The van der Waals surface area contributed by atoms with Crippen molar-refractivity contribution in [2.24, 2.45) is 0 Å². The Bertz CT molecular complexity index is 796. The standard InChI is InChI=1S/C20H26N2O3S/c1-17-5-11-20(12-6-17)26(23,24)21-18-7-9-19(10-8-18)25-16-4-15-22-13-2-3-14-22/h5-12,21H,2-4,13-16H2,1H3. The van der Waals surface area contributed by atoms with Gasteiger partial charge < -0.3 is 9.64 Å². The van der Waals surface area contributed by atoms with Gasteiger partial charge in [0.05, 0.1) is 11.5 Å². The molecule has 0 aromatic heterocycles. The van der Waals surface area contributed by atoms with E-state index in [-0.39, 0.29) is 4.90 Å². The number of ether oxygens (including phenoxy) is 1. The number of anilines is 1. The van der Waals surface area contributed by atoms with Crippen molar-refractivity contribution in [3.63, 3.8) is 0 Å². The van der Waals surface area contributed by atoms with E-state index in [9.17, 15) is 8.42 Å². The topological polar surface area (TPSA) is 58.6 Å². The summed E-state index contributed by atoms with van der Waals surface area (Å²) in [5.74, 6) is 0.754. The zero-order valence-electron chi connectivity index (χ0n) is 15.1. The molecule has 0 spiro atoms. The smallest absolute Gasteiger partial charge is 0.261 e. The van der Waals surface area contributed by atoms with Crippen LogP contribution in [0.4, 0.5) is 5.69 Å². The van der Waals surface area contributed by atoms with Crippen molar-refractivity contribution in [2.75, 3.05) is 31.0 Å². The second-order valence-corrected chi connectivity index (χ2v) is 8.38. The van der Waals surface area contributed by atoms with Crippen molar-refractivity contribution in [1.82, 2.24) is 4.90 Å². The molecule has 1 saturated heterocycles. The van der Waals surface area contributed by atoms with Crippen molar-refractivity contribution in [2.45, 2.75) is 31.1 Å². The van der Waals surface area contributed by atoms with E-state index < -0.39 is 10.0 Å². The summed E-state index contributed by atoms with van der Waals surface area (Å²) in [5, 5.41) is 0. The van der Waals surface area contributed by atoms with Crippen LogP contribution in [0.15, 0.2) is 53.4 Å². The maximum atomic E-state index is 12.4. The summed E-state index contributed by atoms with van der Waals surface area (Å²) in [4.78, 5) is 2.72. The SMILES string of the molecule is Cc1ccc(S(=O)(=O)Nc2ccc(OCCCN3CCCC3)cc2)cc1. The van der Waals surface area contributed by atoms with Gasteiger partial charge in [-0.1, -0.05) is 17.7 Å². The second-order valence-electron chi connectivity index (χ2n) is 6.69. The fourth-order valence-electron chi connectivity index (χ4n) is 3.04. The van der Waals surface area contributed by atoms with Gasteiger partial charge in [-0.15, -0.1) is 0 Å². The fourth-order valence-corrected chi connectivity index (χ4v) is 4.09. The number of nitrogens with one attached hydrogen (secondary N) is 1. The molecular weight excluding hydrogens is 348 g/mol. The van der Waals surface area contributed by atoms with Crippen LogP contribution in [0.2, 0.25) is 0 Å². The maximum Gasteiger partial charge on any atom is 0.261 e. The fraction of sp³-hybridized carbons (Fsp3) is 0.400. The minimum absolute atomic E-state index is 0.255. The molecule has 0 aliphatic carbocycles. The molecule has 0 radical (unpaired) electrons. The molecule has 0 amide bonds. The minimum Gasteiger partial charge on any atom is -0.494 e. The molecule has 5 nitrogen and oxygen atoms in total. The first-order valence-electron chi connectivity index (χ1n) is 9.08. The van der Waals surface area contributed by atoms with E-state index in [1.807, 2.05) is 6.92 Å². The lowest BCUT2D eigenvalue weighted by Gasteiger charge is -2.14. The summed E-state index contributed by atoms with van der Waals surface area (Å²) in [6.07, 6.45) is 3.61. The molecule has 1 aliphatic rings. The van der Waals surface area contributed by atoms with Gasteiger partial charge in [-0.2, -0.15) is 0 Å². The average molecular weight is 375 g/mol. The van der Waals surface area contributed by atoms with E-state index in [0.717, 1.165) is 24.3 Å². The molecule has 0 saturated carbocycles. The first-order chi connectivity index (χ1) is 12.5. The number of aryl methyl sites for hydroxylation is 1. The summed E-state index contributed by atoms with van der Waals surface area (Å²) in [6, 6.07) is 13.8. The molecule has 0 unspecified atom stereocenters. The molecule has 0 bridgehead atoms. The molecule has 1 fully saturated rings. The van der Waals surface area contributed by atoms with Crippen molar-refractivity contribution < 1.29 is 13.2 Å². The van der Waals surface area contributed by atoms with Crippen LogP contribution < -0.4 is 9.46 Å². The quantitative estimate of drug-likeness (QED) is 0.717. The molecule has 6 heteroatoms. The molecule has 0 atom stereocenters. The molecule has 1 heterocycles. The number of sulfonamides is 1. The summed E-state index contributed by atoms with van der Waals surface area (Å²) in [5.41, 5.74) is 1.55. The van der Waals surface area contributed by atoms with Crippen molar-refractivity contribution in [1.29, 1.82) is 0 Å². The van der Waals surface area contributed by atoms with Crippen LogP contribution in [0.1, 0.15) is 24.8 Å². The van der Waals surface area contributed by atoms with Crippen molar-refractivity contribution >= 4 is 15.7 Å². The molecule has 1 N–H and O–H groups in total. The Kier molecular flexibility index (Phi) is 6.16. The number of hydrogen-bond donors (Lipinski definition) is 1. The number of rotatable bonds is 8. The van der Waals surface area contributed by atoms with Crippen molar-refractivity contribution in [3.05, 3.63) is 54.1 Å². The third-order valence-electron chi connectivity index (χ3n) is 4.52. The van der Waals surface area contributed by atoms with Crippen LogP contribution >= 0.6 is 0 Å². The van der Waals surface area contributed by atoms with Gasteiger partial charge in [0.25, 0.3) is 10.0 Å². The number of hydrogen-bond acceptors (Lipinski definition) is 4. The van der Waals surface area contributed by atoms with E-state index >= 15 is 0 Å². The van der Waals surface area contributed by atoms with Crippen molar-refractivity contribution in [3.8, 4) is 5.75 Å². The van der Waals surface area contributed by atoms with Gasteiger partial charge in [0.2, 0.25) is 0 Å². The van der Waals surface area contributed by atoms with Crippen LogP contribution in [0.25, 0.3) is 0 Å². The lowest BCUT2D eigenvalue weighted by atomic mass is 10.2. The zero-order valence-corrected chi connectivity index (χ0v) is 16.0. The number of nitrogens with zero attached hydrogens (tertiary/aromatic N) is 1. The van der Waals surface area contributed by atoms with Crippen LogP contribution in [0.5, 0.6) is 5.75 Å². The van der Waals surface area contributed by atoms with Gasteiger partial charge in [0.1, 0.15) is 5.75 Å². The minimum atomic E-state index is -3.57. The largest absolute Gasteiger partial charge is 0.494 e. The molecule has 26 heavy (non-hydrogen) atoms. The summed E-state index contributed by atoms with van der Waals surface area (Å²) >= 11 is 0. The first-order valence-corrected chi connectivity index (χ1v) is 10.6. The highest BCUT2D eigenvalue weighted by Crippen LogP contribution is 2.20. The Morgan fingerprint density at radius 3 is 2.31 bits per heavy atom. The highest BCUT2D eigenvalue weighted by Gasteiger charge is 2.14. The van der Waals surface area contributed by atoms with Gasteiger partial charge >= 0.3 is 0 Å². The predicted octanol–water partition coefficient (Wildman–Crippen LogP) is 3.66. The molecule has 2 aromatic rings. The van der Waals surface area contributed by atoms with E-state index in [1.165, 1.54) is 25.9 Å².